The topological polar surface area (TPSA) is 39.2 Å². The van der Waals surface area contributed by atoms with Crippen molar-refractivity contribution < 1.29 is 9.53 Å². The number of rotatable bonds is 2. The molecule has 0 aliphatic heterocycles. The number of carbonyl (C=O) groups excluding carboxylic acids is 1. The molecule has 68 valence electrons. The third-order valence-corrected chi connectivity index (χ3v) is 1.70. The first kappa shape index (κ1) is 9.74. The molecule has 0 unspecified atom stereocenters. The van der Waals surface area contributed by atoms with Crippen LogP contribution < -0.4 is 0 Å². The predicted molar refractivity (Wildman–Crippen MR) is 50.3 cm³/mol. The molecule has 0 saturated carbocycles. The van der Waals surface area contributed by atoms with Crippen molar-refractivity contribution in [2.45, 2.75) is 0 Å². The number of aromatic nitrogens is 1. The van der Waals surface area contributed by atoms with E-state index in [0.717, 1.165) is 0 Å². The summed E-state index contributed by atoms with van der Waals surface area (Å²) in [5.41, 5.74) is 0.689. The quantitative estimate of drug-likeness (QED) is 0.413. The van der Waals surface area contributed by atoms with Gasteiger partial charge in [-0.1, -0.05) is 17.7 Å². The van der Waals surface area contributed by atoms with E-state index >= 15 is 0 Å². The van der Waals surface area contributed by atoms with Crippen LogP contribution in [0.2, 0.25) is 5.15 Å². The van der Waals surface area contributed by atoms with Crippen molar-refractivity contribution in [3.8, 4) is 0 Å². The van der Waals surface area contributed by atoms with Crippen LogP contribution >= 0.6 is 11.6 Å². The van der Waals surface area contributed by atoms with E-state index in [2.05, 4.69) is 9.72 Å². The van der Waals surface area contributed by atoms with Gasteiger partial charge in [-0.25, -0.2) is 9.78 Å². The van der Waals surface area contributed by atoms with Crippen LogP contribution in [0.5, 0.6) is 0 Å². The van der Waals surface area contributed by atoms with Gasteiger partial charge >= 0.3 is 5.97 Å². The Bertz CT molecular complexity index is 336. The predicted octanol–water partition coefficient (Wildman–Crippen LogP) is 1.92. The minimum Gasteiger partial charge on any atom is -0.466 e. The zero-order valence-electron chi connectivity index (χ0n) is 7.03. The summed E-state index contributed by atoms with van der Waals surface area (Å²) in [6, 6.07) is 3.50. The first-order chi connectivity index (χ1) is 6.24. The number of hydrogen-bond acceptors (Lipinski definition) is 3. The van der Waals surface area contributed by atoms with Gasteiger partial charge in [-0.3, -0.25) is 0 Å². The molecule has 0 aliphatic rings. The fraction of sp³-hybridized carbons (Fsp3) is 0.111. The molecule has 0 spiro atoms. The highest BCUT2D eigenvalue weighted by molar-refractivity contribution is 6.30. The lowest BCUT2D eigenvalue weighted by Crippen LogP contribution is -1.93. The van der Waals surface area contributed by atoms with E-state index in [1.54, 1.807) is 24.4 Å². The summed E-state index contributed by atoms with van der Waals surface area (Å²) in [4.78, 5) is 14.6. The lowest BCUT2D eigenvalue weighted by molar-refractivity contribution is -0.134. The van der Waals surface area contributed by atoms with E-state index < -0.39 is 5.97 Å². The highest BCUT2D eigenvalue weighted by Crippen LogP contribution is 2.12. The van der Waals surface area contributed by atoms with Crippen LogP contribution in [0, 0.1) is 0 Å². The SMILES string of the molecule is COC(=O)/C=C/c1cccnc1Cl. The third-order valence-electron chi connectivity index (χ3n) is 1.39. The summed E-state index contributed by atoms with van der Waals surface area (Å²) in [6.45, 7) is 0. The number of ether oxygens (including phenoxy) is 1. The standard InChI is InChI=1S/C9H8ClNO2/c1-13-8(12)5-4-7-3-2-6-11-9(7)10/h2-6H,1H3/b5-4+. The maximum atomic E-state index is 10.7. The molecule has 0 bridgehead atoms. The van der Waals surface area contributed by atoms with Crippen LogP contribution in [-0.4, -0.2) is 18.1 Å². The Hall–Kier alpha value is -1.35. The van der Waals surface area contributed by atoms with Gasteiger partial charge in [0.2, 0.25) is 0 Å². The fourth-order valence-electron chi connectivity index (χ4n) is 0.749. The van der Waals surface area contributed by atoms with Gasteiger partial charge in [0.25, 0.3) is 0 Å². The Morgan fingerprint density at radius 2 is 2.46 bits per heavy atom. The summed E-state index contributed by atoms with van der Waals surface area (Å²) in [5.74, 6) is -0.417. The largest absolute Gasteiger partial charge is 0.466 e. The molecule has 1 rings (SSSR count). The molecule has 0 amide bonds. The maximum absolute atomic E-state index is 10.7. The summed E-state index contributed by atoms with van der Waals surface area (Å²) in [6.07, 6.45) is 4.43. The summed E-state index contributed by atoms with van der Waals surface area (Å²) in [5, 5.41) is 0.364. The Balaban J connectivity index is 2.80. The van der Waals surface area contributed by atoms with Crippen molar-refractivity contribution in [2.24, 2.45) is 0 Å². The molecule has 0 aliphatic carbocycles. The van der Waals surface area contributed by atoms with Crippen molar-refractivity contribution in [2.75, 3.05) is 7.11 Å². The van der Waals surface area contributed by atoms with Gasteiger partial charge in [-0.05, 0) is 12.1 Å². The van der Waals surface area contributed by atoms with Crippen molar-refractivity contribution in [3.05, 3.63) is 35.1 Å². The second-order valence-electron chi connectivity index (χ2n) is 2.24. The number of methoxy groups -OCH3 is 1. The maximum Gasteiger partial charge on any atom is 0.330 e. The summed E-state index contributed by atoms with van der Waals surface area (Å²) < 4.78 is 4.42. The minimum atomic E-state index is -0.417. The van der Waals surface area contributed by atoms with Crippen molar-refractivity contribution in [1.82, 2.24) is 4.98 Å². The molecule has 0 saturated heterocycles. The van der Waals surface area contributed by atoms with Gasteiger partial charge in [0, 0.05) is 17.8 Å². The zero-order chi connectivity index (χ0) is 9.68. The average Bonchev–Trinajstić information content (AvgIpc) is 2.16. The van der Waals surface area contributed by atoms with Gasteiger partial charge < -0.3 is 4.74 Å². The molecule has 1 heterocycles. The zero-order valence-corrected chi connectivity index (χ0v) is 7.78. The van der Waals surface area contributed by atoms with Crippen molar-refractivity contribution in [1.29, 1.82) is 0 Å². The van der Waals surface area contributed by atoms with E-state index in [1.165, 1.54) is 13.2 Å². The van der Waals surface area contributed by atoms with Gasteiger partial charge in [-0.2, -0.15) is 0 Å². The number of carbonyl (C=O) groups is 1. The van der Waals surface area contributed by atoms with Gasteiger partial charge in [0.05, 0.1) is 7.11 Å². The normalized spacial score (nSPS) is 10.3. The molecule has 1 aromatic rings. The third kappa shape index (κ3) is 2.87. The van der Waals surface area contributed by atoms with E-state index in [0.29, 0.717) is 10.7 Å². The molecule has 0 atom stereocenters. The van der Waals surface area contributed by atoms with Crippen molar-refractivity contribution >= 4 is 23.6 Å². The lowest BCUT2D eigenvalue weighted by atomic mass is 10.2. The van der Waals surface area contributed by atoms with Crippen LogP contribution in [0.1, 0.15) is 5.56 Å². The number of nitrogens with zero attached hydrogens (tertiary/aromatic N) is 1. The van der Waals surface area contributed by atoms with E-state index in [9.17, 15) is 4.79 Å². The van der Waals surface area contributed by atoms with Crippen LogP contribution in [0.3, 0.4) is 0 Å². The monoisotopic (exact) mass is 197 g/mol. The molecule has 0 N–H and O–H groups in total. The molecule has 0 aromatic carbocycles. The molecule has 4 heteroatoms. The van der Waals surface area contributed by atoms with E-state index in [1.807, 2.05) is 0 Å². The van der Waals surface area contributed by atoms with Crippen LogP contribution in [0.15, 0.2) is 24.4 Å². The Kier molecular flexibility index (Phi) is 3.46. The summed E-state index contributed by atoms with van der Waals surface area (Å²) >= 11 is 5.74. The minimum absolute atomic E-state index is 0.364. The smallest absolute Gasteiger partial charge is 0.330 e. The molecule has 0 radical (unpaired) electrons. The highest BCUT2D eigenvalue weighted by atomic mass is 35.5. The number of esters is 1. The fourth-order valence-corrected chi connectivity index (χ4v) is 0.931. The van der Waals surface area contributed by atoms with Crippen LogP contribution in [0.4, 0.5) is 0 Å². The summed E-state index contributed by atoms with van der Waals surface area (Å²) in [7, 11) is 1.32. The number of hydrogen-bond donors (Lipinski definition) is 0. The second kappa shape index (κ2) is 4.62. The van der Waals surface area contributed by atoms with E-state index in [4.69, 9.17) is 11.6 Å². The molecular formula is C9H8ClNO2. The molecular weight excluding hydrogens is 190 g/mol. The average molecular weight is 198 g/mol. The Morgan fingerprint density at radius 3 is 3.08 bits per heavy atom. The lowest BCUT2D eigenvalue weighted by Gasteiger charge is -1.94. The Morgan fingerprint density at radius 1 is 1.69 bits per heavy atom. The van der Waals surface area contributed by atoms with Crippen molar-refractivity contribution in [3.63, 3.8) is 0 Å². The molecule has 3 nitrogen and oxygen atoms in total. The molecule has 13 heavy (non-hydrogen) atoms. The number of halogens is 1. The highest BCUT2D eigenvalue weighted by Gasteiger charge is 1.96. The van der Waals surface area contributed by atoms with E-state index in [-0.39, 0.29) is 0 Å². The second-order valence-corrected chi connectivity index (χ2v) is 2.60. The van der Waals surface area contributed by atoms with Crippen LogP contribution in [0.25, 0.3) is 6.08 Å². The van der Waals surface area contributed by atoms with Gasteiger partial charge in [0.1, 0.15) is 5.15 Å². The molecule has 0 fully saturated rings. The number of pyridine rings is 1. The Labute approximate surface area is 81.0 Å². The van der Waals surface area contributed by atoms with Crippen LogP contribution in [-0.2, 0) is 9.53 Å². The first-order valence-corrected chi connectivity index (χ1v) is 3.98. The van der Waals surface area contributed by atoms with Gasteiger partial charge in [-0.15, -0.1) is 0 Å². The van der Waals surface area contributed by atoms with Gasteiger partial charge in [0.15, 0.2) is 0 Å². The molecule has 1 aromatic heterocycles. The first-order valence-electron chi connectivity index (χ1n) is 3.60.